The molecule has 11 heteroatoms. The van der Waals surface area contributed by atoms with Crippen LogP contribution in [-0.4, -0.2) is 29.0 Å². The maximum atomic E-state index is 12.4. The number of carbonyl (C=O) groups is 1. The summed E-state index contributed by atoms with van der Waals surface area (Å²) in [6, 6.07) is 12.8. The standard InChI is InChI=1S/C20H21N5O5S/c1-13-19(25(27)28)14(2)24(23-13)12-15-6-8-17(9-7-15)20(26)22-11-16-4-3-5-18(10-16)31(21,29)30/h3-10H,11-12H2,1-2H3,(H,22,26)(H2,21,29,30). The van der Waals surface area contributed by atoms with Crippen LogP contribution in [-0.2, 0) is 23.1 Å². The zero-order chi connectivity index (χ0) is 22.8. The van der Waals surface area contributed by atoms with Gasteiger partial charge in [0.05, 0.1) is 16.4 Å². The van der Waals surface area contributed by atoms with Gasteiger partial charge in [0.15, 0.2) is 0 Å². The predicted octanol–water partition coefficient (Wildman–Crippen LogP) is 2.03. The van der Waals surface area contributed by atoms with Crippen LogP contribution < -0.4 is 10.5 Å². The van der Waals surface area contributed by atoms with E-state index >= 15 is 0 Å². The van der Waals surface area contributed by atoms with Crippen LogP contribution in [0, 0.1) is 24.0 Å². The van der Waals surface area contributed by atoms with Crippen molar-refractivity contribution in [1.82, 2.24) is 15.1 Å². The van der Waals surface area contributed by atoms with Crippen molar-refractivity contribution in [3.8, 4) is 0 Å². The van der Waals surface area contributed by atoms with Crippen LogP contribution >= 0.6 is 0 Å². The van der Waals surface area contributed by atoms with Crippen LogP contribution in [0.4, 0.5) is 5.69 Å². The van der Waals surface area contributed by atoms with Gasteiger partial charge in [0.25, 0.3) is 5.91 Å². The Hall–Kier alpha value is -3.57. The first-order valence-electron chi connectivity index (χ1n) is 9.23. The maximum Gasteiger partial charge on any atom is 0.312 e. The molecule has 2 aromatic carbocycles. The zero-order valence-corrected chi connectivity index (χ0v) is 17.7. The summed E-state index contributed by atoms with van der Waals surface area (Å²) in [5.41, 5.74) is 2.67. The van der Waals surface area contributed by atoms with Gasteiger partial charge in [-0.2, -0.15) is 5.10 Å². The highest BCUT2D eigenvalue weighted by molar-refractivity contribution is 7.89. The molecule has 0 radical (unpaired) electrons. The van der Waals surface area contributed by atoms with Crippen molar-refractivity contribution >= 4 is 21.6 Å². The zero-order valence-electron chi connectivity index (χ0n) is 16.9. The molecule has 162 valence electrons. The highest BCUT2D eigenvalue weighted by atomic mass is 32.2. The second kappa shape index (κ2) is 8.66. The predicted molar refractivity (Wildman–Crippen MR) is 113 cm³/mol. The number of hydrogen-bond donors (Lipinski definition) is 2. The van der Waals surface area contributed by atoms with Crippen LogP contribution in [0.15, 0.2) is 53.4 Å². The smallest absolute Gasteiger partial charge is 0.312 e. The molecular weight excluding hydrogens is 422 g/mol. The number of benzene rings is 2. The van der Waals surface area contributed by atoms with Gasteiger partial charge in [0, 0.05) is 12.1 Å². The SMILES string of the molecule is Cc1nn(Cc2ccc(C(=O)NCc3cccc(S(N)(=O)=O)c3)cc2)c(C)c1[N+](=O)[O-]. The first-order chi connectivity index (χ1) is 14.6. The number of rotatable bonds is 7. The highest BCUT2D eigenvalue weighted by Gasteiger charge is 2.21. The van der Waals surface area contributed by atoms with Crippen LogP contribution in [0.2, 0.25) is 0 Å². The number of aryl methyl sites for hydroxylation is 1. The second-order valence-electron chi connectivity index (χ2n) is 7.01. The molecule has 10 nitrogen and oxygen atoms in total. The Labute approximate surface area is 178 Å². The average molecular weight is 443 g/mol. The number of sulfonamides is 1. The molecule has 0 spiro atoms. The number of primary sulfonamides is 1. The van der Waals surface area contributed by atoms with E-state index in [1.165, 1.54) is 12.1 Å². The summed E-state index contributed by atoms with van der Waals surface area (Å²) < 4.78 is 24.4. The van der Waals surface area contributed by atoms with E-state index in [0.717, 1.165) is 5.56 Å². The first-order valence-corrected chi connectivity index (χ1v) is 10.8. The van der Waals surface area contributed by atoms with Gasteiger partial charge in [-0.1, -0.05) is 24.3 Å². The lowest BCUT2D eigenvalue weighted by molar-refractivity contribution is -0.386. The Morgan fingerprint density at radius 3 is 2.42 bits per heavy atom. The number of carbonyl (C=O) groups excluding carboxylic acids is 1. The molecule has 3 N–H and O–H groups in total. The first kappa shape index (κ1) is 22.1. The molecule has 0 bridgehead atoms. The quantitative estimate of drug-likeness (QED) is 0.421. The Bertz CT molecular complexity index is 1250. The van der Waals surface area contributed by atoms with Gasteiger partial charge in [0.2, 0.25) is 10.0 Å². The maximum absolute atomic E-state index is 12.4. The molecule has 0 saturated carbocycles. The fourth-order valence-electron chi connectivity index (χ4n) is 3.16. The molecule has 1 amide bonds. The molecule has 0 aliphatic carbocycles. The molecule has 3 aromatic rings. The molecule has 0 atom stereocenters. The summed E-state index contributed by atoms with van der Waals surface area (Å²) in [4.78, 5) is 23.1. The van der Waals surface area contributed by atoms with Crippen molar-refractivity contribution in [2.45, 2.75) is 31.8 Å². The van der Waals surface area contributed by atoms with Crippen LogP contribution in [0.25, 0.3) is 0 Å². The van der Waals surface area contributed by atoms with Crippen LogP contribution in [0.3, 0.4) is 0 Å². The summed E-state index contributed by atoms with van der Waals surface area (Å²) in [7, 11) is -3.81. The molecule has 0 fully saturated rings. The fourth-order valence-corrected chi connectivity index (χ4v) is 3.74. The summed E-state index contributed by atoms with van der Waals surface area (Å²) in [5, 5.41) is 23.2. The number of nitrogens with zero attached hydrogens (tertiary/aromatic N) is 3. The molecule has 1 heterocycles. The highest BCUT2D eigenvalue weighted by Crippen LogP contribution is 2.22. The van der Waals surface area contributed by atoms with Crippen molar-refractivity contribution in [3.63, 3.8) is 0 Å². The number of nitro groups is 1. The van der Waals surface area contributed by atoms with Crippen molar-refractivity contribution in [2.75, 3.05) is 0 Å². The number of nitrogens with two attached hydrogens (primary N) is 1. The molecule has 1 aromatic heterocycles. The lowest BCUT2D eigenvalue weighted by Gasteiger charge is -2.08. The van der Waals surface area contributed by atoms with Gasteiger partial charge in [-0.25, -0.2) is 13.6 Å². The lowest BCUT2D eigenvalue weighted by atomic mass is 10.1. The Morgan fingerprint density at radius 2 is 1.84 bits per heavy atom. The van der Waals surface area contributed by atoms with E-state index in [1.807, 2.05) is 0 Å². The van der Waals surface area contributed by atoms with Crippen LogP contribution in [0.5, 0.6) is 0 Å². The van der Waals surface area contributed by atoms with Crippen molar-refractivity contribution in [1.29, 1.82) is 0 Å². The summed E-state index contributed by atoms with van der Waals surface area (Å²) >= 11 is 0. The molecule has 3 rings (SSSR count). The molecule has 31 heavy (non-hydrogen) atoms. The monoisotopic (exact) mass is 443 g/mol. The minimum absolute atomic E-state index is 0.00232. The number of aromatic nitrogens is 2. The third kappa shape index (κ3) is 5.13. The third-order valence-electron chi connectivity index (χ3n) is 4.75. The van der Waals surface area contributed by atoms with E-state index < -0.39 is 14.9 Å². The average Bonchev–Trinajstić information content (AvgIpc) is 2.99. The van der Waals surface area contributed by atoms with Gasteiger partial charge < -0.3 is 5.32 Å². The van der Waals surface area contributed by atoms with Crippen molar-refractivity contribution in [3.05, 3.63) is 86.7 Å². The fraction of sp³-hybridized carbons (Fsp3) is 0.200. The summed E-state index contributed by atoms with van der Waals surface area (Å²) in [5.74, 6) is -0.325. The van der Waals surface area contributed by atoms with Gasteiger partial charge >= 0.3 is 5.69 Å². The Balaban J connectivity index is 1.66. The van der Waals surface area contributed by atoms with E-state index in [2.05, 4.69) is 10.4 Å². The Morgan fingerprint density at radius 1 is 1.16 bits per heavy atom. The van der Waals surface area contributed by atoms with E-state index in [-0.39, 0.29) is 23.0 Å². The molecule has 0 aliphatic rings. The van der Waals surface area contributed by atoms with Crippen molar-refractivity contribution < 1.29 is 18.1 Å². The molecule has 0 unspecified atom stereocenters. The Kier molecular flexibility index (Phi) is 6.18. The van der Waals surface area contributed by atoms with E-state index in [1.54, 1.807) is 54.9 Å². The summed E-state index contributed by atoms with van der Waals surface area (Å²) in [6.07, 6.45) is 0. The minimum atomic E-state index is -3.81. The number of amides is 1. The normalized spacial score (nSPS) is 11.3. The number of nitrogens with one attached hydrogen (secondary N) is 1. The van der Waals surface area contributed by atoms with E-state index in [9.17, 15) is 23.3 Å². The second-order valence-corrected chi connectivity index (χ2v) is 8.57. The van der Waals surface area contributed by atoms with Crippen LogP contribution in [0.1, 0.15) is 32.9 Å². The van der Waals surface area contributed by atoms with Gasteiger partial charge in [0.1, 0.15) is 11.4 Å². The molecule has 0 saturated heterocycles. The lowest BCUT2D eigenvalue weighted by Crippen LogP contribution is -2.23. The minimum Gasteiger partial charge on any atom is -0.348 e. The van der Waals surface area contributed by atoms with E-state index in [0.29, 0.717) is 29.1 Å². The van der Waals surface area contributed by atoms with Gasteiger partial charge in [-0.3, -0.25) is 19.6 Å². The summed E-state index contributed by atoms with van der Waals surface area (Å²) in [6.45, 7) is 3.71. The third-order valence-corrected chi connectivity index (χ3v) is 5.67. The van der Waals surface area contributed by atoms with E-state index in [4.69, 9.17) is 5.14 Å². The number of hydrogen-bond acceptors (Lipinski definition) is 6. The van der Waals surface area contributed by atoms with Gasteiger partial charge in [-0.15, -0.1) is 0 Å². The topological polar surface area (TPSA) is 150 Å². The van der Waals surface area contributed by atoms with Crippen molar-refractivity contribution in [2.24, 2.45) is 5.14 Å². The molecular formula is C20H21N5O5S. The van der Waals surface area contributed by atoms with Gasteiger partial charge in [-0.05, 0) is 49.2 Å². The largest absolute Gasteiger partial charge is 0.348 e. The molecule has 0 aliphatic heterocycles.